The fraction of sp³-hybridized carbons (Fsp3) is 0.0909. The van der Waals surface area contributed by atoms with E-state index in [9.17, 15) is 9.59 Å². The van der Waals surface area contributed by atoms with Gasteiger partial charge in [-0.15, -0.1) is 11.8 Å². The molecule has 0 radical (unpaired) electrons. The van der Waals surface area contributed by atoms with Crippen LogP contribution in [0.25, 0.3) is 11.0 Å². The van der Waals surface area contributed by atoms with Crippen molar-refractivity contribution in [1.29, 1.82) is 0 Å². The summed E-state index contributed by atoms with van der Waals surface area (Å²) in [6.45, 7) is 0. The van der Waals surface area contributed by atoms with Gasteiger partial charge in [-0.1, -0.05) is 28.1 Å². The molecule has 0 saturated carbocycles. The summed E-state index contributed by atoms with van der Waals surface area (Å²) in [6, 6.07) is 13.9. The van der Waals surface area contributed by atoms with Crippen LogP contribution in [0.4, 0.5) is 5.95 Å². The largest absolute Gasteiger partial charge is 0.450 e. The van der Waals surface area contributed by atoms with Gasteiger partial charge < -0.3 is 4.42 Å². The predicted molar refractivity (Wildman–Crippen MR) is 119 cm³/mol. The molecule has 148 valence electrons. The fourth-order valence-electron chi connectivity index (χ4n) is 3.67. The Kier molecular flexibility index (Phi) is 4.67. The number of aromatic nitrogens is 2. The van der Waals surface area contributed by atoms with Crippen molar-refractivity contribution in [2.75, 3.05) is 11.2 Å². The fourth-order valence-corrected chi connectivity index (χ4v) is 4.44. The van der Waals surface area contributed by atoms with E-state index in [0.29, 0.717) is 16.5 Å². The average molecular weight is 480 g/mol. The molecule has 0 N–H and O–H groups in total. The molecule has 2 aromatic heterocycles. The van der Waals surface area contributed by atoms with Gasteiger partial charge in [0, 0.05) is 21.8 Å². The van der Waals surface area contributed by atoms with Crippen LogP contribution in [-0.2, 0) is 0 Å². The molecule has 1 aliphatic rings. The van der Waals surface area contributed by atoms with E-state index in [1.807, 2.05) is 30.5 Å². The molecule has 6 nitrogen and oxygen atoms in total. The van der Waals surface area contributed by atoms with Crippen molar-refractivity contribution in [1.82, 2.24) is 9.97 Å². The number of halogens is 1. The van der Waals surface area contributed by atoms with E-state index in [-0.39, 0.29) is 17.1 Å². The topological polar surface area (TPSA) is 76.3 Å². The highest BCUT2D eigenvalue weighted by molar-refractivity contribution is 9.10. The number of carbonyl (C=O) groups is 1. The zero-order chi connectivity index (χ0) is 20.8. The number of hydrogen-bond donors (Lipinski definition) is 0. The summed E-state index contributed by atoms with van der Waals surface area (Å²) in [6.07, 6.45) is 5.12. The van der Waals surface area contributed by atoms with Crippen molar-refractivity contribution in [2.24, 2.45) is 0 Å². The molecule has 3 heterocycles. The molecule has 4 aromatic rings. The molecule has 30 heavy (non-hydrogen) atoms. The van der Waals surface area contributed by atoms with Crippen LogP contribution in [-0.4, -0.2) is 22.1 Å². The minimum absolute atomic E-state index is 0.0289. The zero-order valence-corrected chi connectivity index (χ0v) is 18.1. The standard InChI is InChI=1S/C22H14BrN3O3S/c1-30-14-6-3-12(4-7-14)18-17-19(27)15-11-13(23)5-8-16(15)29-20(17)21(28)26(18)22-24-9-2-10-25-22/h2-11,18H,1H3. The second-order valence-corrected chi connectivity index (χ2v) is 8.51. The van der Waals surface area contributed by atoms with E-state index in [4.69, 9.17) is 4.42 Å². The summed E-state index contributed by atoms with van der Waals surface area (Å²) in [4.78, 5) is 37.9. The third-order valence-corrected chi connectivity index (χ3v) is 6.27. The molecule has 8 heteroatoms. The quantitative estimate of drug-likeness (QED) is 0.392. The minimum atomic E-state index is -0.676. The van der Waals surface area contributed by atoms with Gasteiger partial charge in [-0.05, 0) is 48.2 Å². The van der Waals surface area contributed by atoms with E-state index in [1.54, 1.807) is 48.4 Å². The molecular formula is C22H14BrN3O3S. The highest BCUT2D eigenvalue weighted by atomic mass is 79.9. The Morgan fingerprint density at radius 2 is 1.80 bits per heavy atom. The van der Waals surface area contributed by atoms with Crippen molar-refractivity contribution >= 4 is 50.5 Å². The molecule has 0 fully saturated rings. The van der Waals surface area contributed by atoms with Gasteiger partial charge in [0.25, 0.3) is 5.91 Å². The van der Waals surface area contributed by atoms with Crippen molar-refractivity contribution in [2.45, 2.75) is 10.9 Å². The molecule has 1 aliphatic heterocycles. The van der Waals surface area contributed by atoms with Crippen LogP contribution in [0, 0.1) is 0 Å². The monoisotopic (exact) mass is 479 g/mol. The molecule has 5 rings (SSSR count). The number of amides is 1. The lowest BCUT2D eigenvalue weighted by molar-refractivity contribution is 0.0969. The highest BCUT2D eigenvalue weighted by Crippen LogP contribution is 2.40. The lowest BCUT2D eigenvalue weighted by Crippen LogP contribution is -2.31. The smallest absolute Gasteiger partial charge is 0.297 e. The molecule has 1 atom stereocenters. The van der Waals surface area contributed by atoms with E-state index in [0.717, 1.165) is 14.9 Å². The lowest BCUT2D eigenvalue weighted by atomic mass is 9.99. The molecular weight excluding hydrogens is 466 g/mol. The maximum Gasteiger partial charge on any atom is 0.297 e. The molecule has 0 spiro atoms. The number of carbonyl (C=O) groups excluding carboxylic acids is 1. The van der Waals surface area contributed by atoms with Gasteiger partial charge in [-0.25, -0.2) is 9.97 Å². The van der Waals surface area contributed by atoms with E-state index < -0.39 is 11.9 Å². The van der Waals surface area contributed by atoms with E-state index >= 15 is 0 Å². The number of anilines is 1. The predicted octanol–water partition coefficient (Wildman–Crippen LogP) is 4.82. The number of hydrogen-bond acceptors (Lipinski definition) is 6. The van der Waals surface area contributed by atoms with Crippen molar-refractivity contribution in [3.05, 3.63) is 92.5 Å². The third-order valence-electron chi connectivity index (χ3n) is 5.03. The van der Waals surface area contributed by atoms with Crippen LogP contribution in [0.1, 0.15) is 27.7 Å². The zero-order valence-electron chi connectivity index (χ0n) is 15.7. The summed E-state index contributed by atoms with van der Waals surface area (Å²) in [5.74, 6) is -0.184. The number of fused-ring (bicyclic) bond motifs is 2. The number of benzene rings is 2. The third kappa shape index (κ3) is 2.95. The number of thioether (sulfide) groups is 1. The van der Waals surface area contributed by atoms with Crippen LogP contribution < -0.4 is 10.3 Å². The van der Waals surface area contributed by atoms with Crippen LogP contribution >= 0.6 is 27.7 Å². The first-order valence-electron chi connectivity index (χ1n) is 9.09. The van der Waals surface area contributed by atoms with Gasteiger partial charge in [0.2, 0.25) is 11.7 Å². The molecule has 1 amide bonds. The second kappa shape index (κ2) is 7.37. The first kappa shape index (κ1) is 19.0. The van der Waals surface area contributed by atoms with Crippen molar-refractivity contribution in [3.8, 4) is 0 Å². The maximum atomic E-state index is 13.5. The molecule has 1 unspecified atom stereocenters. The normalized spacial score (nSPS) is 15.6. The average Bonchev–Trinajstić information content (AvgIpc) is 3.07. The van der Waals surface area contributed by atoms with Crippen LogP contribution in [0.15, 0.2) is 79.5 Å². The Hall–Kier alpha value is -2.97. The molecule has 0 bridgehead atoms. The molecule has 2 aromatic carbocycles. The maximum absolute atomic E-state index is 13.5. The molecule has 0 saturated heterocycles. The Morgan fingerprint density at radius 3 is 2.50 bits per heavy atom. The second-order valence-electron chi connectivity index (χ2n) is 6.71. The summed E-state index contributed by atoms with van der Waals surface area (Å²) in [5, 5.41) is 0.414. The Morgan fingerprint density at radius 1 is 1.07 bits per heavy atom. The summed E-state index contributed by atoms with van der Waals surface area (Å²) in [7, 11) is 0. The highest BCUT2D eigenvalue weighted by Gasteiger charge is 2.44. The summed E-state index contributed by atoms with van der Waals surface area (Å²) < 4.78 is 6.69. The SMILES string of the molecule is CSc1ccc(C2c3c(oc4ccc(Br)cc4c3=O)C(=O)N2c2ncccn2)cc1. The van der Waals surface area contributed by atoms with Gasteiger partial charge in [0.15, 0.2) is 5.43 Å². The Labute approximate surface area is 184 Å². The molecule has 0 aliphatic carbocycles. The van der Waals surface area contributed by atoms with Gasteiger partial charge in [0.05, 0.1) is 17.0 Å². The number of rotatable bonds is 3. The van der Waals surface area contributed by atoms with E-state index in [2.05, 4.69) is 25.9 Å². The Bertz CT molecular complexity index is 1340. The van der Waals surface area contributed by atoms with Crippen LogP contribution in [0.3, 0.4) is 0 Å². The van der Waals surface area contributed by atoms with Gasteiger partial charge in [-0.3, -0.25) is 14.5 Å². The minimum Gasteiger partial charge on any atom is -0.450 e. The van der Waals surface area contributed by atoms with Crippen LogP contribution in [0.2, 0.25) is 0 Å². The van der Waals surface area contributed by atoms with Gasteiger partial charge in [-0.2, -0.15) is 0 Å². The summed E-state index contributed by atoms with van der Waals surface area (Å²) >= 11 is 5.02. The Balaban J connectivity index is 1.80. The number of nitrogens with zero attached hydrogens (tertiary/aromatic N) is 3. The van der Waals surface area contributed by atoms with Gasteiger partial charge >= 0.3 is 0 Å². The van der Waals surface area contributed by atoms with Gasteiger partial charge in [0.1, 0.15) is 5.58 Å². The summed E-state index contributed by atoms with van der Waals surface area (Å²) in [5.41, 5.74) is 1.21. The van der Waals surface area contributed by atoms with E-state index in [1.165, 1.54) is 4.90 Å². The van der Waals surface area contributed by atoms with Crippen LogP contribution in [0.5, 0.6) is 0 Å². The van der Waals surface area contributed by atoms with Crippen molar-refractivity contribution < 1.29 is 9.21 Å². The first-order chi connectivity index (χ1) is 14.6. The van der Waals surface area contributed by atoms with Crippen molar-refractivity contribution in [3.63, 3.8) is 0 Å². The lowest BCUT2D eigenvalue weighted by Gasteiger charge is -2.23. The first-order valence-corrected chi connectivity index (χ1v) is 11.1.